The highest BCUT2D eigenvalue weighted by Gasteiger charge is 2.36. The van der Waals surface area contributed by atoms with E-state index in [1.807, 2.05) is 0 Å². The van der Waals surface area contributed by atoms with Crippen LogP contribution in [-0.2, 0) is 0 Å². The third-order valence-corrected chi connectivity index (χ3v) is 5.66. The summed E-state index contributed by atoms with van der Waals surface area (Å²) in [6, 6.07) is 5.94. The average Bonchev–Trinajstić information content (AvgIpc) is 3.00. The molecule has 2 heterocycles. The maximum Gasteiger partial charge on any atom is 0.124 e. The summed E-state index contributed by atoms with van der Waals surface area (Å²) in [6.45, 7) is 0. The van der Waals surface area contributed by atoms with Gasteiger partial charge in [0, 0.05) is 6.04 Å². The molecule has 1 aromatic carbocycles. The second-order valence-corrected chi connectivity index (χ2v) is 6.83. The molecule has 1 aliphatic carbocycles. The number of thiazole rings is 1. The molecule has 0 radical (unpaired) electrons. The normalized spacial score (nSPS) is 30.7. The van der Waals surface area contributed by atoms with E-state index in [0.717, 1.165) is 21.1 Å². The molecule has 19 heavy (non-hydrogen) atoms. The minimum Gasteiger partial charge on any atom is -0.305 e. The van der Waals surface area contributed by atoms with Crippen LogP contribution in [0.2, 0.25) is 0 Å². The van der Waals surface area contributed by atoms with Crippen LogP contribution < -0.4 is 5.32 Å². The zero-order valence-corrected chi connectivity index (χ0v) is 11.5. The molecule has 1 N–H and O–H groups in total. The topological polar surface area (TPSA) is 24.9 Å². The zero-order valence-electron chi connectivity index (χ0n) is 10.7. The first-order chi connectivity index (χ1) is 9.29. The van der Waals surface area contributed by atoms with Gasteiger partial charge in [-0.3, -0.25) is 0 Å². The number of benzene rings is 1. The quantitative estimate of drug-likeness (QED) is 0.850. The van der Waals surface area contributed by atoms with Gasteiger partial charge in [-0.2, -0.15) is 0 Å². The third-order valence-electron chi connectivity index (χ3n) is 4.53. The van der Waals surface area contributed by atoms with E-state index in [1.54, 1.807) is 23.5 Å². The number of fused-ring (bicyclic) bond motifs is 2. The first kappa shape index (κ1) is 11.8. The van der Waals surface area contributed by atoms with Gasteiger partial charge < -0.3 is 5.32 Å². The van der Waals surface area contributed by atoms with Crippen molar-refractivity contribution < 1.29 is 4.39 Å². The van der Waals surface area contributed by atoms with E-state index in [1.165, 1.54) is 38.2 Å². The summed E-state index contributed by atoms with van der Waals surface area (Å²) in [5, 5.41) is 4.87. The van der Waals surface area contributed by atoms with Crippen molar-refractivity contribution in [1.29, 1.82) is 0 Å². The molecule has 4 heteroatoms. The summed E-state index contributed by atoms with van der Waals surface area (Å²) in [5.41, 5.74) is 0.929. The fourth-order valence-corrected chi connectivity index (χ4v) is 4.64. The largest absolute Gasteiger partial charge is 0.305 e. The maximum atomic E-state index is 13.2. The Labute approximate surface area is 116 Å². The van der Waals surface area contributed by atoms with Gasteiger partial charge in [-0.25, -0.2) is 9.37 Å². The van der Waals surface area contributed by atoms with Crippen molar-refractivity contribution in [3.05, 3.63) is 29.0 Å². The molecule has 1 aromatic heterocycles. The van der Waals surface area contributed by atoms with Gasteiger partial charge in [-0.1, -0.05) is 12.8 Å². The summed E-state index contributed by atoms with van der Waals surface area (Å²) in [5.74, 6) is 0.651. The summed E-state index contributed by atoms with van der Waals surface area (Å²) < 4.78 is 14.2. The number of nitrogens with zero attached hydrogens (tertiary/aromatic N) is 1. The predicted molar refractivity (Wildman–Crippen MR) is 75.8 cm³/mol. The molecule has 4 rings (SSSR count). The number of rotatable bonds is 1. The number of nitrogens with one attached hydrogen (secondary N) is 1. The van der Waals surface area contributed by atoms with Crippen LogP contribution in [0.15, 0.2) is 18.2 Å². The van der Waals surface area contributed by atoms with Crippen LogP contribution in [0.1, 0.15) is 43.2 Å². The summed E-state index contributed by atoms with van der Waals surface area (Å²) >= 11 is 1.64. The molecule has 1 aliphatic heterocycles. The lowest BCUT2D eigenvalue weighted by atomic mass is 9.85. The van der Waals surface area contributed by atoms with Gasteiger partial charge in [0.05, 0.1) is 16.3 Å². The SMILES string of the molecule is Fc1ccc2nc(C3CC4CCCCC4N3)sc2c1. The van der Waals surface area contributed by atoms with E-state index in [2.05, 4.69) is 10.3 Å². The van der Waals surface area contributed by atoms with Crippen molar-refractivity contribution in [2.24, 2.45) is 5.92 Å². The smallest absolute Gasteiger partial charge is 0.124 e. The molecule has 3 unspecified atom stereocenters. The minimum atomic E-state index is -0.171. The third kappa shape index (κ3) is 2.07. The molecular formula is C15H17FN2S. The highest BCUT2D eigenvalue weighted by Crippen LogP contribution is 2.40. The van der Waals surface area contributed by atoms with Crippen molar-refractivity contribution in [2.45, 2.75) is 44.2 Å². The Kier molecular flexibility index (Phi) is 2.81. The number of hydrogen-bond acceptors (Lipinski definition) is 3. The molecule has 3 atom stereocenters. The molecule has 2 fully saturated rings. The van der Waals surface area contributed by atoms with Crippen molar-refractivity contribution in [2.75, 3.05) is 0 Å². The first-order valence-corrected chi connectivity index (χ1v) is 7.93. The van der Waals surface area contributed by atoms with Gasteiger partial charge in [-0.05, 0) is 43.4 Å². The Balaban J connectivity index is 1.64. The lowest BCUT2D eigenvalue weighted by Crippen LogP contribution is -2.30. The van der Waals surface area contributed by atoms with Crippen LogP contribution in [0.5, 0.6) is 0 Å². The summed E-state index contributed by atoms with van der Waals surface area (Å²) in [4.78, 5) is 4.68. The van der Waals surface area contributed by atoms with Crippen molar-refractivity contribution in [1.82, 2.24) is 10.3 Å². The van der Waals surface area contributed by atoms with Gasteiger partial charge in [-0.15, -0.1) is 11.3 Å². The molecule has 1 saturated carbocycles. The van der Waals surface area contributed by atoms with Gasteiger partial charge in [0.15, 0.2) is 0 Å². The van der Waals surface area contributed by atoms with Gasteiger partial charge >= 0.3 is 0 Å². The van der Waals surface area contributed by atoms with E-state index in [4.69, 9.17) is 0 Å². The van der Waals surface area contributed by atoms with E-state index >= 15 is 0 Å². The second kappa shape index (κ2) is 4.53. The van der Waals surface area contributed by atoms with E-state index in [9.17, 15) is 4.39 Å². The number of halogens is 1. The lowest BCUT2D eigenvalue weighted by molar-refractivity contribution is 0.325. The van der Waals surface area contributed by atoms with Crippen molar-refractivity contribution in [3.63, 3.8) is 0 Å². The molecule has 0 amide bonds. The van der Waals surface area contributed by atoms with Gasteiger partial charge in [0.2, 0.25) is 0 Å². The van der Waals surface area contributed by atoms with Crippen LogP contribution >= 0.6 is 11.3 Å². The van der Waals surface area contributed by atoms with E-state index < -0.39 is 0 Å². The minimum absolute atomic E-state index is 0.171. The fraction of sp³-hybridized carbons (Fsp3) is 0.533. The molecule has 2 aliphatic rings. The zero-order chi connectivity index (χ0) is 12.8. The molecule has 1 saturated heterocycles. The van der Waals surface area contributed by atoms with E-state index in [-0.39, 0.29) is 5.82 Å². The highest BCUT2D eigenvalue weighted by atomic mass is 32.1. The molecule has 0 bridgehead atoms. The van der Waals surface area contributed by atoms with Crippen LogP contribution in [-0.4, -0.2) is 11.0 Å². The fourth-order valence-electron chi connectivity index (χ4n) is 3.58. The lowest BCUT2D eigenvalue weighted by Gasteiger charge is -2.24. The second-order valence-electron chi connectivity index (χ2n) is 5.77. The Morgan fingerprint density at radius 2 is 2.16 bits per heavy atom. The van der Waals surface area contributed by atoms with E-state index in [0.29, 0.717) is 12.1 Å². The predicted octanol–water partition coefficient (Wildman–Crippen LogP) is 4.03. The Bertz CT molecular complexity index is 595. The van der Waals surface area contributed by atoms with Gasteiger partial charge in [0.1, 0.15) is 10.8 Å². The molecule has 100 valence electrons. The van der Waals surface area contributed by atoms with Gasteiger partial charge in [0.25, 0.3) is 0 Å². The van der Waals surface area contributed by atoms with Crippen LogP contribution in [0.25, 0.3) is 10.2 Å². The molecule has 0 spiro atoms. The van der Waals surface area contributed by atoms with Crippen molar-refractivity contribution in [3.8, 4) is 0 Å². The Morgan fingerprint density at radius 1 is 1.26 bits per heavy atom. The molecule has 2 aromatic rings. The van der Waals surface area contributed by atoms with Crippen LogP contribution in [0.4, 0.5) is 4.39 Å². The van der Waals surface area contributed by atoms with Crippen LogP contribution in [0.3, 0.4) is 0 Å². The first-order valence-electron chi connectivity index (χ1n) is 7.11. The highest BCUT2D eigenvalue weighted by molar-refractivity contribution is 7.18. The standard InChI is InChI=1S/C15H17FN2S/c16-10-5-6-12-14(8-10)19-15(18-12)13-7-9-3-1-2-4-11(9)17-13/h5-6,8-9,11,13,17H,1-4,7H2. The van der Waals surface area contributed by atoms with Crippen molar-refractivity contribution >= 4 is 21.6 Å². The molecular weight excluding hydrogens is 259 g/mol. The molecule has 2 nitrogen and oxygen atoms in total. The monoisotopic (exact) mass is 276 g/mol. The Morgan fingerprint density at radius 3 is 3.05 bits per heavy atom. The van der Waals surface area contributed by atoms with Crippen LogP contribution in [0, 0.1) is 11.7 Å². The number of aromatic nitrogens is 1. The Hall–Kier alpha value is -1.00. The average molecular weight is 276 g/mol. The summed E-state index contributed by atoms with van der Waals surface area (Å²) in [7, 11) is 0. The maximum absolute atomic E-state index is 13.2. The number of hydrogen-bond donors (Lipinski definition) is 1. The summed E-state index contributed by atoms with van der Waals surface area (Å²) in [6.07, 6.45) is 6.59.